The van der Waals surface area contributed by atoms with Crippen molar-refractivity contribution in [3.8, 4) is 0 Å². The summed E-state index contributed by atoms with van der Waals surface area (Å²) in [5.41, 5.74) is 1.08. The molecule has 0 unspecified atom stereocenters. The average Bonchev–Trinajstić information content (AvgIpc) is 2.43. The first-order valence-electron chi connectivity index (χ1n) is 4.14. The molecule has 4 nitrogen and oxygen atoms in total. The summed E-state index contributed by atoms with van der Waals surface area (Å²) in [4.78, 5) is 21.9. The van der Waals surface area contributed by atoms with Gasteiger partial charge < -0.3 is 10.4 Å². The Bertz CT molecular complexity index is 493. The molecule has 1 aliphatic heterocycles. The molecule has 1 aromatic carbocycles. The molecule has 1 aromatic rings. The van der Waals surface area contributed by atoms with E-state index >= 15 is 0 Å². The predicted octanol–water partition coefficient (Wildman–Crippen LogP) is 1.76. The number of amides is 1. The molecule has 1 heterocycles. The topological polar surface area (TPSA) is 66.4 Å². The van der Waals surface area contributed by atoms with E-state index in [1.54, 1.807) is 18.2 Å². The van der Waals surface area contributed by atoms with E-state index in [2.05, 4.69) is 5.32 Å². The minimum Gasteiger partial charge on any atom is -0.478 e. The molecule has 2 rings (SSSR count). The summed E-state index contributed by atoms with van der Waals surface area (Å²) in [6, 6.07) is 4.96. The summed E-state index contributed by atoms with van der Waals surface area (Å²) >= 11 is 5.89. The van der Waals surface area contributed by atoms with Crippen molar-refractivity contribution in [2.45, 2.75) is 0 Å². The lowest BCUT2D eigenvalue weighted by atomic mass is 10.1. The Hall–Kier alpha value is -1.81. The van der Waals surface area contributed by atoms with E-state index in [0.717, 1.165) is 6.08 Å². The largest absolute Gasteiger partial charge is 0.478 e. The second-order valence-electron chi connectivity index (χ2n) is 3.01. The molecule has 0 spiro atoms. The van der Waals surface area contributed by atoms with E-state index in [0.29, 0.717) is 16.3 Å². The van der Waals surface area contributed by atoms with Gasteiger partial charge in [0.2, 0.25) is 0 Å². The number of halogens is 1. The molecule has 0 fully saturated rings. The average molecular weight is 224 g/mol. The number of carbonyl (C=O) groups excluding carboxylic acids is 1. The number of anilines is 1. The van der Waals surface area contributed by atoms with E-state index < -0.39 is 11.9 Å². The van der Waals surface area contributed by atoms with Crippen molar-refractivity contribution >= 4 is 34.7 Å². The van der Waals surface area contributed by atoms with Crippen LogP contribution in [0.25, 0.3) is 5.57 Å². The second-order valence-corrected chi connectivity index (χ2v) is 3.42. The van der Waals surface area contributed by atoms with Crippen LogP contribution in [0.5, 0.6) is 0 Å². The predicted molar refractivity (Wildman–Crippen MR) is 55.7 cm³/mol. The van der Waals surface area contributed by atoms with Crippen LogP contribution in [0.4, 0.5) is 5.69 Å². The lowest BCUT2D eigenvalue weighted by Gasteiger charge is -1.99. The molecule has 0 bridgehead atoms. The van der Waals surface area contributed by atoms with Crippen LogP contribution in [0.15, 0.2) is 24.3 Å². The van der Waals surface area contributed by atoms with E-state index in [9.17, 15) is 9.59 Å². The first-order chi connectivity index (χ1) is 7.09. The summed E-state index contributed by atoms with van der Waals surface area (Å²) in [6.45, 7) is 0. The molecule has 1 amide bonds. The summed E-state index contributed by atoms with van der Waals surface area (Å²) in [7, 11) is 0. The van der Waals surface area contributed by atoms with Gasteiger partial charge in [-0.05, 0) is 12.1 Å². The van der Waals surface area contributed by atoms with E-state index in [1.165, 1.54) is 0 Å². The zero-order valence-corrected chi connectivity index (χ0v) is 8.21. The first kappa shape index (κ1) is 9.73. The van der Waals surface area contributed by atoms with Gasteiger partial charge in [-0.25, -0.2) is 4.79 Å². The summed E-state index contributed by atoms with van der Waals surface area (Å²) in [5.74, 6) is -1.62. The highest BCUT2D eigenvalue weighted by Gasteiger charge is 2.26. The van der Waals surface area contributed by atoms with E-state index in [1.807, 2.05) is 0 Å². The third kappa shape index (κ3) is 1.59. The van der Waals surface area contributed by atoms with Crippen LogP contribution in [0, 0.1) is 0 Å². The summed E-state index contributed by atoms with van der Waals surface area (Å²) in [6.07, 6.45) is 0.854. The molecule has 76 valence electrons. The Morgan fingerprint density at radius 3 is 2.87 bits per heavy atom. The van der Waals surface area contributed by atoms with Crippen LogP contribution >= 0.6 is 11.6 Å². The highest BCUT2D eigenvalue weighted by Crippen LogP contribution is 2.36. The van der Waals surface area contributed by atoms with Crippen molar-refractivity contribution in [2.75, 3.05) is 5.32 Å². The highest BCUT2D eigenvalue weighted by atomic mass is 35.5. The molecule has 0 saturated heterocycles. The monoisotopic (exact) mass is 223 g/mol. The van der Waals surface area contributed by atoms with Crippen LogP contribution in [-0.4, -0.2) is 17.0 Å². The van der Waals surface area contributed by atoms with Gasteiger partial charge >= 0.3 is 5.97 Å². The second kappa shape index (κ2) is 3.40. The fourth-order valence-electron chi connectivity index (χ4n) is 1.47. The van der Waals surface area contributed by atoms with Crippen LogP contribution in [-0.2, 0) is 9.59 Å². The Kier molecular flexibility index (Phi) is 2.21. The number of carbonyl (C=O) groups is 2. The number of hydrogen-bond acceptors (Lipinski definition) is 2. The number of carboxylic acids is 1. The third-order valence-electron chi connectivity index (χ3n) is 2.04. The Balaban J connectivity index is 2.63. The molecule has 0 aliphatic carbocycles. The number of rotatable bonds is 1. The summed E-state index contributed by atoms with van der Waals surface area (Å²) < 4.78 is 0. The molecule has 5 heteroatoms. The molecule has 0 atom stereocenters. The van der Waals surface area contributed by atoms with Crippen molar-refractivity contribution in [3.05, 3.63) is 34.9 Å². The maximum atomic E-state index is 11.4. The van der Waals surface area contributed by atoms with Gasteiger partial charge in [-0.3, -0.25) is 4.79 Å². The number of fused-ring (bicyclic) bond motifs is 1. The number of nitrogens with one attached hydrogen (secondary N) is 1. The van der Waals surface area contributed by atoms with Gasteiger partial charge in [0.1, 0.15) is 0 Å². The molecule has 0 aromatic heterocycles. The maximum Gasteiger partial charge on any atom is 0.329 e. The standard InChI is InChI=1S/C10H6ClNO3/c11-6-2-1-3-7-9(6)5(4-8(13)14)10(15)12-7/h1-4H,(H,12,15)(H,13,14)/b5-4-. The molecule has 15 heavy (non-hydrogen) atoms. The zero-order valence-electron chi connectivity index (χ0n) is 7.45. The van der Waals surface area contributed by atoms with E-state index in [4.69, 9.17) is 16.7 Å². The van der Waals surface area contributed by atoms with Crippen molar-refractivity contribution in [1.82, 2.24) is 0 Å². The smallest absolute Gasteiger partial charge is 0.329 e. The van der Waals surface area contributed by atoms with Gasteiger partial charge in [0.05, 0.1) is 16.3 Å². The van der Waals surface area contributed by atoms with Crippen molar-refractivity contribution in [3.63, 3.8) is 0 Å². The van der Waals surface area contributed by atoms with Gasteiger partial charge in [0.15, 0.2) is 0 Å². The number of hydrogen-bond donors (Lipinski definition) is 2. The molecular formula is C10H6ClNO3. The Morgan fingerprint density at radius 1 is 1.47 bits per heavy atom. The molecule has 2 N–H and O–H groups in total. The Labute approximate surface area is 90.2 Å². The van der Waals surface area contributed by atoms with E-state index in [-0.39, 0.29) is 5.57 Å². The minimum atomic E-state index is -1.17. The molecule has 0 radical (unpaired) electrons. The first-order valence-corrected chi connectivity index (χ1v) is 4.52. The van der Waals surface area contributed by atoms with Gasteiger partial charge in [-0.1, -0.05) is 17.7 Å². The Morgan fingerprint density at radius 2 is 2.20 bits per heavy atom. The normalized spacial score (nSPS) is 16.3. The highest BCUT2D eigenvalue weighted by molar-refractivity contribution is 6.40. The zero-order chi connectivity index (χ0) is 11.0. The van der Waals surface area contributed by atoms with Crippen molar-refractivity contribution < 1.29 is 14.7 Å². The van der Waals surface area contributed by atoms with Crippen LogP contribution < -0.4 is 5.32 Å². The lowest BCUT2D eigenvalue weighted by Crippen LogP contribution is -2.05. The minimum absolute atomic E-state index is 0.0862. The fraction of sp³-hybridized carbons (Fsp3) is 0. The number of benzene rings is 1. The number of carboxylic acid groups (broad SMARTS) is 1. The van der Waals surface area contributed by atoms with Gasteiger partial charge in [-0.2, -0.15) is 0 Å². The SMILES string of the molecule is O=C(O)/C=C1\C(=O)Nc2cccc(Cl)c21. The quantitative estimate of drug-likeness (QED) is 0.713. The van der Waals surface area contributed by atoms with Crippen molar-refractivity contribution in [2.24, 2.45) is 0 Å². The maximum absolute atomic E-state index is 11.4. The lowest BCUT2D eigenvalue weighted by molar-refractivity contribution is -0.131. The van der Waals surface area contributed by atoms with Gasteiger partial charge in [0, 0.05) is 11.6 Å². The van der Waals surface area contributed by atoms with Crippen LogP contribution in [0.2, 0.25) is 5.02 Å². The van der Waals surface area contributed by atoms with Crippen LogP contribution in [0.3, 0.4) is 0 Å². The van der Waals surface area contributed by atoms with Crippen molar-refractivity contribution in [1.29, 1.82) is 0 Å². The van der Waals surface area contributed by atoms with Gasteiger partial charge in [-0.15, -0.1) is 0 Å². The molecule has 1 aliphatic rings. The van der Waals surface area contributed by atoms with Crippen LogP contribution in [0.1, 0.15) is 5.56 Å². The fourth-order valence-corrected chi connectivity index (χ4v) is 1.74. The molecular weight excluding hydrogens is 218 g/mol. The summed E-state index contributed by atoms with van der Waals surface area (Å²) in [5, 5.41) is 11.5. The van der Waals surface area contributed by atoms with Gasteiger partial charge in [0.25, 0.3) is 5.91 Å². The molecule has 0 saturated carbocycles. The number of aliphatic carboxylic acids is 1. The third-order valence-corrected chi connectivity index (χ3v) is 2.36.